The summed E-state index contributed by atoms with van der Waals surface area (Å²) in [5, 5.41) is 2.92. The van der Waals surface area contributed by atoms with Crippen LogP contribution in [0, 0.1) is 19.8 Å². The summed E-state index contributed by atoms with van der Waals surface area (Å²) in [7, 11) is -3.51. The molecule has 0 radical (unpaired) electrons. The summed E-state index contributed by atoms with van der Waals surface area (Å²) in [6, 6.07) is 14.8. The fraction of sp³-hybridized carbons (Fsp3) is 0.500. The Balaban J connectivity index is 2.11. The smallest absolute Gasteiger partial charge is 0.242 e. The van der Waals surface area contributed by atoms with Gasteiger partial charge in [0.1, 0.15) is 6.04 Å². The highest BCUT2D eigenvalue weighted by Crippen LogP contribution is 2.22. The van der Waals surface area contributed by atoms with Gasteiger partial charge in [0.25, 0.3) is 0 Å². The van der Waals surface area contributed by atoms with Crippen LogP contribution in [0.2, 0.25) is 0 Å². The molecular weight excluding hydrogens is 474 g/mol. The minimum absolute atomic E-state index is 0.146. The number of hydrogen-bond acceptors (Lipinski definition) is 4. The molecule has 0 aromatic heterocycles. The van der Waals surface area contributed by atoms with E-state index in [2.05, 4.69) is 5.32 Å². The van der Waals surface area contributed by atoms with Gasteiger partial charge in [0.05, 0.1) is 11.9 Å². The second kappa shape index (κ2) is 13.4. The first-order valence-electron chi connectivity index (χ1n) is 12.6. The molecule has 2 amide bonds. The maximum absolute atomic E-state index is 13.3. The van der Waals surface area contributed by atoms with Gasteiger partial charge < -0.3 is 10.2 Å². The normalized spacial score (nSPS) is 12.3. The maximum Gasteiger partial charge on any atom is 0.242 e. The maximum atomic E-state index is 13.3. The van der Waals surface area contributed by atoms with Gasteiger partial charge in [-0.25, -0.2) is 8.42 Å². The van der Waals surface area contributed by atoms with Gasteiger partial charge in [0.2, 0.25) is 21.8 Å². The fourth-order valence-electron chi connectivity index (χ4n) is 3.91. The number of carbonyl (C=O) groups is 2. The van der Waals surface area contributed by atoms with Gasteiger partial charge >= 0.3 is 0 Å². The average Bonchev–Trinajstić information content (AvgIpc) is 2.82. The van der Waals surface area contributed by atoms with Crippen molar-refractivity contribution in [3.63, 3.8) is 0 Å². The van der Waals surface area contributed by atoms with Gasteiger partial charge in [0.15, 0.2) is 0 Å². The molecule has 8 heteroatoms. The van der Waals surface area contributed by atoms with Gasteiger partial charge in [-0.15, -0.1) is 0 Å². The number of benzene rings is 2. The molecule has 0 aliphatic rings. The number of carbonyl (C=O) groups excluding carboxylic acids is 2. The predicted octanol–water partition coefficient (Wildman–Crippen LogP) is 4.08. The topological polar surface area (TPSA) is 86.8 Å². The highest BCUT2D eigenvalue weighted by molar-refractivity contribution is 7.92. The summed E-state index contributed by atoms with van der Waals surface area (Å²) in [4.78, 5) is 27.7. The van der Waals surface area contributed by atoms with Crippen molar-refractivity contribution in [1.82, 2.24) is 10.2 Å². The molecule has 0 spiro atoms. The Kier molecular flexibility index (Phi) is 11.0. The molecule has 1 N–H and O–H groups in total. The van der Waals surface area contributed by atoms with Gasteiger partial charge in [0, 0.05) is 26.1 Å². The Hall–Kier alpha value is -2.87. The summed E-state index contributed by atoms with van der Waals surface area (Å²) < 4.78 is 26.3. The molecule has 2 rings (SSSR count). The van der Waals surface area contributed by atoms with Crippen LogP contribution in [-0.4, -0.2) is 57.1 Å². The summed E-state index contributed by atoms with van der Waals surface area (Å²) in [5.41, 5.74) is 3.77. The number of sulfonamides is 1. The van der Waals surface area contributed by atoms with Gasteiger partial charge in [-0.3, -0.25) is 13.9 Å². The van der Waals surface area contributed by atoms with Crippen LogP contribution in [0.4, 0.5) is 5.69 Å². The van der Waals surface area contributed by atoms with E-state index in [9.17, 15) is 18.0 Å². The molecule has 0 aliphatic carbocycles. The Morgan fingerprint density at radius 2 is 1.61 bits per heavy atom. The largest absolute Gasteiger partial charge is 0.354 e. The molecule has 0 bridgehead atoms. The van der Waals surface area contributed by atoms with E-state index in [0.29, 0.717) is 37.5 Å². The van der Waals surface area contributed by atoms with Crippen LogP contribution in [0.15, 0.2) is 48.5 Å². The SMILES string of the molecule is Cc1ccc(N(CCCC(=O)N(CCc2ccccc2)C(C)C(=O)NCC(C)C)S(C)(=O)=O)cc1C. The van der Waals surface area contributed by atoms with Crippen molar-refractivity contribution in [2.24, 2.45) is 5.92 Å². The second-order valence-electron chi connectivity index (χ2n) is 9.84. The van der Waals surface area contributed by atoms with Crippen LogP contribution >= 0.6 is 0 Å². The van der Waals surface area contributed by atoms with Crippen molar-refractivity contribution >= 4 is 27.5 Å². The highest BCUT2D eigenvalue weighted by Gasteiger charge is 2.26. The van der Waals surface area contributed by atoms with Gasteiger partial charge in [-0.1, -0.05) is 50.2 Å². The third-order valence-corrected chi connectivity index (χ3v) is 7.46. The minimum Gasteiger partial charge on any atom is -0.354 e. The number of nitrogens with zero attached hydrogens (tertiary/aromatic N) is 2. The molecular formula is C28H41N3O4S. The molecule has 0 fully saturated rings. The lowest BCUT2D eigenvalue weighted by Crippen LogP contribution is -2.49. The van der Waals surface area contributed by atoms with Crippen LogP contribution in [0.25, 0.3) is 0 Å². The second-order valence-corrected chi connectivity index (χ2v) is 11.8. The minimum atomic E-state index is -3.51. The number of hydrogen-bond donors (Lipinski definition) is 1. The van der Waals surface area contributed by atoms with Crippen molar-refractivity contribution < 1.29 is 18.0 Å². The lowest BCUT2D eigenvalue weighted by Gasteiger charge is -2.29. The van der Waals surface area contributed by atoms with Gasteiger partial charge in [-0.05, 0) is 68.4 Å². The van der Waals surface area contributed by atoms with E-state index in [0.717, 1.165) is 16.7 Å². The first-order chi connectivity index (χ1) is 16.9. The lowest BCUT2D eigenvalue weighted by molar-refractivity contribution is -0.140. The van der Waals surface area contributed by atoms with Crippen LogP contribution in [0.1, 0.15) is 50.3 Å². The number of anilines is 1. The van der Waals surface area contributed by atoms with E-state index < -0.39 is 16.1 Å². The molecule has 0 saturated heterocycles. The average molecular weight is 516 g/mol. The van der Waals surface area contributed by atoms with E-state index in [1.54, 1.807) is 17.9 Å². The molecule has 0 saturated carbocycles. The van der Waals surface area contributed by atoms with E-state index in [4.69, 9.17) is 0 Å². The zero-order chi connectivity index (χ0) is 26.9. The fourth-order valence-corrected chi connectivity index (χ4v) is 4.86. The van der Waals surface area contributed by atoms with Crippen LogP contribution in [0.3, 0.4) is 0 Å². The molecule has 36 heavy (non-hydrogen) atoms. The lowest BCUT2D eigenvalue weighted by atomic mass is 10.1. The molecule has 2 aromatic carbocycles. The zero-order valence-electron chi connectivity index (χ0n) is 22.5. The van der Waals surface area contributed by atoms with Crippen LogP contribution in [0.5, 0.6) is 0 Å². The first kappa shape index (κ1) is 29.4. The molecule has 1 atom stereocenters. The summed E-state index contributed by atoms with van der Waals surface area (Å²) in [5.74, 6) is -0.0355. The summed E-state index contributed by atoms with van der Waals surface area (Å²) in [6.45, 7) is 10.8. The van der Waals surface area contributed by atoms with E-state index >= 15 is 0 Å². The third-order valence-electron chi connectivity index (χ3n) is 6.27. The Labute approximate surface area is 216 Å². The number of aryl methyl sites for hydroxylation is 2. The molecule has 0 heterocycles. The Morgan fingerprint density at radius 3 is 2.19 bits per heavy atom. The molecule has 1 unspecified atom stereocenters. The third kappa shape index (κ3) is 8.97. The van der Waals surface area contributed by atoms with E-state index in [1.165, 1.54) is 10.6 Å². The summed E-state index contributed by atoms with van der Waals surface area (Å²) >= 11 is 0. The van der Waals surface area contributed by atoms with Gasteiger partial charge in [-0.2, -0.15) is 0 Å². The van der Waals surface area contributed by atoms with E-state index in [-0.39, 0.29) is 24.8 Å². The quantitative estimate of drug-likeness (QED) is 0.436. The highest BCUT2D eigenvalue weighted by atomic mass is 32.2. The number of amides is 2. The van der Waals surface area contributed by atoms with Crippen LogP contribution in [-0.2, 0) is 26.0 Å². The van der Waals surface area contributed by atoms with E-state index in [1.807, 2.05) is 70.2 Å². The van der Waals surface area contributed by atoms with Crippen molar-refractivity contribution in [2.75, 3.05) is 30.2 Å². The first-order valence-corrected chi connectivity index (χ1v) is 14.4. The Morgan fingerprint density at radius 1 is 0.944 bits per heavy atom. The Bertz CT molecular complexity index is 1120. The van der Waals surface area contributed by atoms with Crippen molar-refractivity contribution in [3.8, 4) is 0 Å². The molecule has 2 aromatic rings. The molecule has 0 aliphatic heterocycles. The monoisotopic (exact) mass is 515 g/mol. The van der Waals surface area contributed by atoms with Crippen molar-refractivity contribution in [3.05, 3.63) is 65.2 Å². The number of nitrogens with one attached hydrogen (secondary N) is 1. The van der Waals surface area contributed by atoms with Crippen molar-refractivity contribution in [2.45, 2.75) is 59.9 Å². The standard InChI is InChI=1S/C28H41N3O4S/c1-21(2)20-29-28(33)24(5)30(18-16-25-11-8-7-9-12-25)27(32)13-10-17-31(36(6,34)35)26-15-14-22(3)23(4)19-26/h7-9,11-12,14-15,19,21,24H,10,13,16-18,20H2,1-6H3,(H,29,33). The zero-order valence-corrected chi connectivity index (χ0v) is 23.3. The van der Waals surface area contributed by atoms with Crippen molar-refractivity contribution in [1.29, 1.82) is 0 Å². The number of rotatable bonds is 13. The predicted molar refractivity (Wildman–Crippen MR) is 147 cm³/mol. The molecule has 198 valence electrons. The molecule has 7 nitrogen and oxygen atoms in total. The summed E-state index contributed by atoms with van der Waals surface area (Å²) in [6.07, 6.45) is 2.30. The van der Waals surface area contributed by atoms with Crippen LogP contribution < -0.4 is 9.62 Å².